The van der Waals surface area contributed by atoms with Crippen LogP contribution in [0, 0.1) is 6.92 Å². The van der Waals surface area contributed by atoms with Crippen LogP contribution in [0.5, 0.6) is 0 Å². The van der Waals surface area contributed by atoms with E-state index in [1.54, 1.807) is 55.5 Å². The summed E-state index contributed by atoms with van der Waals surface area (Å²) in [6.45, 7) is 1.65. The Hall–Kier alpha value is -2.22. The van der Waals surface area contributed by atoms with Crippen molar-refractivity contribution in [2.75, 3.05) is 0 Å². The lowest BCUT2D eigenvalue weighted by molar-refractivity contribution is 0.376. The highest BCUT2D eigenvalue weighted by atomic mass is 35.5. The monoisotopic (exact) mass is 363 g/mol. The van der Waals surface area contributed by atoms with E-state index in [1.807, 2.05) is 0 Å². The second kappa shape index (κ2) is 6.72. The summed E-state index contributed by atoms with van der Waals surface area (Å²) in [4.78, 5) is 4.41. The molecule has 3 rings (SSSR count). The molecule has 1 N–H and O–H groups in total. The summed E-state index contributed by atoms with van der Waals surface area (Å²) in [5.41, 5.74) is 1.40. The number of benzene rings is 2. The standard InChI is InChI=1S/C16H14ClN3O3S/c1-11-4-2-3-5-14(11)24(21,22)18-10-15-19-16(20-23-15)12-6-8-13(17)9-7-12/h2-9,18H,10H2,1H3. The fraction of sp³-hybridized carbons (Fsp3) is 0.125. The molecular formula is C16H14ClN3O3S. The Morgan fingerprint density at radius 2 is 1.83 bits per heavy atom. The fourth-order valence-corrected chi connectivity index (χ4v) is 3.48. The van der Waals surface area contributed by atoms with E-state index >= 15 is 0 Å². The van der Waals surface area contributed by atoms with E-state index in [4.69, 9.17) is 16.1 Å². The van der Waals surface area contributed by atoms with Crippen molar-refractivity contribution >= 4 is 21.6 Å². The maximum absolute atomic E-state index is 12.3. The molecule has 0 bridgehead atoms. The first-order valence-corrected chi connectivity index (χ1v) is 8.96. The summed E-state index contributed by atoms with van der Waals surface area (Å²) < 4.78 is 32.2. The van der Waals surface area contributed by atoms with Crippen LogP contribution >= 0.6 is 11.6 Å². The molecule has 0 aliphatic carbocycles. The van der Waals surface area contributed by atoms with Crippen LogP contribution in [0.4, 0.5) is 0 Å². The molecule has 0 saturated carbocycles. The van der Waals surface area contributed by atoms with Gasteiger partial charge in [-0.1, -0.05) is 35.0 Å². The van der Waals surface area contributed by atoms with Crippen LogP contribution in [0.2, 0.25) is 5.02 Å². The van der Waals surface area contributed by atoms with Crippen molar-refractivity contribution in [3.05, 3.63) is 65.0 Å². The van der Waals surface area contributed by atoms with Crippen LogP contribution in [-0.4, -0.2) is 18.6 Å². The fourth-order valence-electron chi connectivity index (χ4n) is 2.14. The lowest BCUT2D eigenvalue weighted by Crippen LogP contribution is -2.24. The Morgan fingerprint density at radius 1 is 1.12 bits per heavy atom. The third-order valence-corrected chi connectivity index (χ3v) is 5.18. The number of hydrogen-bond donors (Lipinski definition) is 1. The molecule has 0 radical (unpaired) electrons. The van der Waals surface area contributed by atoms with Gasteiger partial charge in [-0.2, -0.15) is 4.98 Å². The Kier molecular flexibility index (Phi) is 4.66. The van der Waals surface area contributed by atoms with Crippen molar-refractivity contribution in [2.24, 2.45) is 0 Å². The molecule has 0 atom stereocenters. The molecule has 3 aromatic rings. The number of halogens is 1. The molecule has 0 fully saturated rings. The van der Waals surface area contributed by atoms with E-state index < -0.39 is 10.0 Å². The van der Waals surface area contributed by atoms with Gasteiger partial charge < -0.3 is 4.52 Å². The summed E-state index contributed by atoms with van der Waals surface area (Å²) in [6, 6.07) is 13.7. The number of nitrogens with zero attached hydrogens (tertiary/aromatic N) is 2. The summed E-state index contributed by atoms with van der Waals surface area (Å²) in [7, 11) is -3.65. The second-order valence-corrected chi connectivity index (χ2v) is 7.28. The Balaban J connectivity index is 1.74. The predicted molar refractivity (Wildman–Crippen MR) is 89.9 cm³/mol. The van der Waals surface area contributed by atoms with E-state index in [9.17, 15) is 8.42 Å². The van der Waals surface area contributed by atoms with Gasteiger partial charge in [0.2, 0.25) is 21.7 Å². The van der Waals surface area contributed by atoms with Crippen molar-refractivity contribution in [3.8, 4) is 11.4 Å². The van der Waals surface area contributed by atoms with E-state index in [2.05, 4.69) is 14.9 Å². The average molecular weight is 364 g/mol. The predicted octanol–water partition coefficient (Wildman–Crippen LogP) is 3.18. The smallest absolute Gasteiger partial charge is 0.242 e. The van der Waals surface area contributed by atoms with Gasteiger partial charge in [0.05, 0.1) is 11.4 Å². The molecule has 124 valence electrons. The van der Waals surface area contributed by atoms with Crippen LogP contribution < -0.4 is 4.72 Å². The number of aromatic nitrogens is 2. The molecule has 2 aromatic carbocycles. The maximum atomic E-state index is 12.3. The number of rotatable bonds is 5. The van der Waals surface area contributed by atoms with E-state index in [0.717, 1.165) is 5.56 Å². The molecule has 6 nitrogen and oxygen atoms in total. The van der Waals surface area contributed by atoms with Crippen LogP contribution in [0.3, 0.4) is 0 Å². The lowest BCUT2D eigenvalue weighted by Gasteiger charge is -2.07. The molecule has 0 aliphatic rings. The molecule has 0 unspecified atom stereocenters. The quantitative estimate of drug-likeness (QED) is 0.752. The highest BCUT2D eigenvalue weighted by Gasteiger charge is 2.18. The first kappa shape index (κ1) is 16.6. The topological polar surface area (TPSA) is 85.1 Å². The molecule has 0 aliphatic heterocycles. The van der Waals surface area contributed by atoms with Gasteiger partial charge in [0.1, 0.15) is 0 Å². The molecule has 0 amide bonds. The van der Waals surface area contributed by atoms with Crippen LogP contribution in [-0.2, 0) is 16.6 Å². The molecule has 1 aromatic heterocycles. The number of sulfonamides is 1. The first-order chi connectivity index (χ1) is 11.5. The summed E-state index contributed by atoms with van der Waals surface area (Å²) in [5, 5.41) is 4.45. The van der Waals surface area contributed by atoms with E-state index in [-0.39, 0.29) is 17.3 Å². The minimum Gasteiger partial charge on any atom is -0.338 e. The first-order valence-electron chi connectivity index (χ1n) is 7.09. The van der Waals surface area contributed by atoms with Gasteiger partial charge in [0.25, 0.3) is 0 Å². The minimum absolute atomic E-state index is 0.0861. The van der Waals surface area contributed by atoms with Gasteiger partial charge >= 0.3 is 0 Å². The summed E-state index contributed by atoms with van der Waals surface area (Å²) >= 11 is 5.83. The van der Waals surface area contributed by atoms with Gasteiger partial charge in [0, 0.05) is 10.6 Å². The molecule has 8 heteroatoms. The maximum Gasteiger partial charge on any atom is 0.242 e. The molecule has 1 heterocycles. The van der Waals surface area contributed by atoms with Crippen molar-refractivity contribution < 1.29 is 12.9 Å². The molecule has 0 saturated heterocycles. The zero-order valence-corrected chi connectivity index (χ0v) is 14.3. The largest absolute Gasteiger partial charge is 0.338 e. The zero-order valence-electron chi connectivity index (χ0n) is 12.7. The highest BCUT2D eigenvalue weighted by molar-refractivity contribution is 7.89. The van der Waals surface area contributed by atoms with Crippen LogP contribution in [0.25, 0.3) is 11.4 Å². The average Bonchev–Trinajstić information content (AvgIpc) is 3.03. The minimum atomic E-state index is -3.65. The summed E-state index contributed by atoms with van der Waals surface area (Å²) in [6.07, 6.45) is 0. The van der Waals surface area contributed by atoms with Gasteiger partial charge in [-0.25, -0.2) is 13.1 Å². The third-order valence-electron chi connectivity index (χ3n) is 3.37. The van der Waals surface area contributed by atoms with Crippen molar-refractivity contribution in [1.82, 2.24) is 14.9 Å². The Morgan fingerprint density at radius 3 is 2.54 bits per heavy atom. The SMILES string of the molecule is Cc1ccccc1S(=O)(=O)NCc1nc(-c2ccc(Cl)cc2)no1. The van der Waals surface area contributed by atoms with Gasteiger partial charge in [-0.05, 0) is 42.8 Å². The normalized spacial score (nSPS) is 11.6. The highest BCUT2D eigenvalue weighted by Crippen LogP contribution is 2.19. The van der Waals surface area contributed by atoms with Crippen molar-refractivity contribution in [1.29, 1.82) is 0 Å². The van der Waals surface area contributed by atoms with Crippen LogP contribution in [0.15, 0.2) is 57.9 Å². The lowest BCUT2D eigenvalue weighted by atomic mass is 10.2. The van der Waals surface area contributed by atoms with E-state index in [0.29, 0.717) is 16.4 Å². The zero-order chi connectivity index (χ0) is 17.2. The van der Waals surface area contributed by atoms with Crippen molar-refractivity contribution in [2.45, 2.75) is 18.4 Å². The van der Waals surface area contributed by atoms with Crippen molar-refractivity contribution in [3.63, 3.8) is 0 Å². The number of aryl methyl sites for hydroxylation is 1. The third kappa shape index (κ3) is 3.64. The molecule has 0 spiro atoms. The van der Waals surface area contributed by atoms with Gasteiger partial charge in [0.15, 0.2) is 0 Å². The number of nitrogens with one attached hydrogen (secondary N) is 1. The van der Waals surface area contributed by atoms with E-state index in [1.165, 1.54) is 0 Å². The van der Waals surface area contributed by atoms with Gasteiger partial charge in [-0.3, -0.25) is 0 Å². The van der Waals surface area contributed by atoms with Gasteiger partial charge in [-0.15, -0.1) is 0 Å². The number of hydrogen-bond acceptors (Lipinski definition) is 5. The Bertz CT molecular complexity index is 953. The Labute approximate surface area is 144 Å². The van der Waals surface area contributed by atoms with Crippen LogP contribution in [0.1, 0.15) is 11.5 Å². The molecule has 24 heavy (non-hydrogen) atoms. The second-order valence-electron chi connectivity index (χ2n) is 5.11. The summed E-state index contributed by atoms with van der Waals surface area (Å²) in [5.74, 6) is 0.550. The molecular weight excluding hydrogens is 350 g/mol.